The molecule has 1 aromatic rings. The van der Waals surface area contributed by atoms with Gasteiger partial charge < -0.3 is 20.1 Å². The second-order valence-corrected chi connectivity index (χ2v) is 7.17. The highest BCUT2D eigenvalue weighted by atomic mass is 16.5. The van der Waals surface area contributed by atoms with Crippen LogP contribution in [-0.2, 0) is 11.2 Å². The van der Waals surface area contributed by atoms with Crippen LogP contribution in [0.5, 0.6) is 5.75 Å². The van der Waals surface area contributed by atoms with Gasteiger partial charge in [0, 0.05) is 45.8 Å². The lowest BCUT2D eigenvalue weighted by Gasteiger charge is -2.29. The summed E-state index contributed by atoms with van der Waals surface area (Å²) in [6, 6.07) is 7.44. The number of nitrogens with zero attached hydrogens (tertiary/aromatic N) is 3. The van der Waals surface area contributed by atoms with Gasteiger partial charge in [-0.1, -0.05) is 12.1 Å². The van der Waals surface area contributed by atoms with Gasteiger partial charge in [-0.05, 0) is 43.4 Å². The Morgan fingerprint density at radius 1 is 1.31 bits per heavy atom. The lowest BCUT2D eigenvalue weighted by molar-refractivity contribution is 0.0315. The molecule has 2 saturated heterocycles. The summed E-state index contributed by atoms with van der Waals surface area (Å²) in [4.78, 5) is 9.75. The van der Waals surface area contributed by atoms with Gasteiger partial charge in [-0.25, -0.2) is 0 Å². The first kappa shape index (κ1) is 19.0. The van der Waals surface area contributed by atoms with E-state index in [1.165, 1.54) is 13.0 Å². The molecule has 0 aliphatic carbocycles. The zero-order valence-electron chi connectivity index (χ0n) is 15.9. The van der Waals surface area contributed by atoms with Crippen molar-refractivity contribution in [3.05, 3.63) is 29.8 Å². The van der Waals surface area contributed by atoms with Gasteiger partial charge in [0.15, 0.2) is 5.96 Å². The number of phenols is 1. The molecule has 2 N–H and O–H groups in total. The van der Waals surface area contributed by atoms with Gasteiger partial charge in [0.2, 0.25) is 0 Å². The van der Waals surface area contributed by atoms with Crippen LogP contribution in [0.1, 0.15) is 18.9 Å². The molecule has 6 heteroatoms. The minimum Gasteiger partial charge on any atom is -0.508 e. The fraction of sp³-hybridized carbons (Fsp3) is 0.650. The molecule has 2 aliphatic rings. The van der Waals surface area contributed by atoms with Crippen LogP contribution >= 0.6 is 0 Å². The summed E-state index contributed by atoms with van der Waals surface area (Å²) >= 11 is 0. The number of benzene rings is 1. The van der Waals surface area contributed by atoms with E-state index in [0.717, 1.165) is 70.4 Å². The van der Waals surface area contributed by atoms with E-state index in [1.807, 2.05) is 18.2 Å². The molecule has 1 atom stereocenters. The number of nitrogens with one attached hydrogen (secondary N) is 1. The Bertz CT molecular complexity index is 587. The van der Waals surface area contributed by atoms with Gasteiger partial charge in [-0.15, -0.1) is 0 Å². The molecule has 2 heterocycles. The number of hydrogen-bond donors (Lipinski definition) is 2. The van der Waals surface area contributed by atoms with Crippen LogP contribution in [0.2, 0.25) is 0 Å². The third kappa shape index (κ3) is 5.61. The largest absolute Gasteiger partial charge is 0.508 e. The van der Waals surface area contributed by atoms with Crippen molar-refractivity contribution in [1.29, 1.82) is 0 Å². The van der Waals surface area contributed by atoms with Crippen molar-refractivity contribution in [3.8, 4) is 5.75 Å². The zero-order chi connectivity index (χ0) is 18.2. The number of hydrogen-bond acceptors (Lipinski definition) is 4. The predicted octanol–water partition coefficient (Wildman–Crippen LogP) is 1.55. The summed E-state index contributed by atoms with van der Waals surface area (Å²) in [7, 11) is 0. The molecular formula is C20H32N4O2. The number of morpholine rings is 1. The minimum atomic E-state index is 0.323. The third-order valence-corrected chi connectivity index (χ3v) is 5.11. The van der Waals surface area contributed by atoms with Crippen LogP contribution < -0.4 is 5.32 Å². The van der Waals surface area contributed by atoms with Crippen LogP contribution in [-0.4, -0.2) is 79.9 Å². The van der Waals surface area contributed by atoms with E-state index in [9.17, 15) is 5.11 Å². The average molecular weight is 361 g/mol. The Kier molecular flexibility index (Phi) is 7.14. The molecule has 3 rings (SSSR count). The zero-order valence-corrected chi connectivity index (χ0v) is 15.9. The molecule has 0 spiro atoms. The first-order valence-electron chi connectivity index (χ1n) is 9.86. The summed E-state index contributed by atoms with van der Waals surface area (Å²) in [5, 5.41) is 13.0. The van der Waals surface area contributed by atoms with Gasteiger partial charge in [0.25, 0.3) is 0 Å². The number of likely N-dealkylation sites (tertiary alicyclic amines) is 1. The fourth-order valence-electron chi connectivity index (χ4n) is 3.75. The quantitative estimate of drug-likeness (QED) is 0.595. The van der Waals surface area contributed by atoms with E-state index in [4.69, 9.17) is 9.73 Å². The smallest absolute Gasteiger partial charge is 0.193 e. The van der Waals surface area contributed by atoms with Crippen molar-refractivity contribution in [2.75, 3.05) is 59.0 Å². The van der Waals surface area contributed by atoms with Crippen LogP contribution in [0.4, 0.5) is 0 Å². The molecule has 0 saturated carbocycles. The Morgan fingerprint density at radius 3 is 2.92 bits per heavy atom. The van der Waals surface area contributed by atoms with E-state index in [-0.39, 0.29) is 0 Å². The lowest BCUT2D eigenvalue weighted by Crippen LogP contribution is -2.42. The molecular weight excluding hydrogens is 328 g/mol. The Labute approximate surface area is 156 Å². The number of phenolic OH excluding ortho intramolecular Hbond substituents is 1. The van der Waals surface area contributed by atoms with E-state index >= 15 is 0 Å². The second-order valence-electron chi connectivity index (χ2n) is 7.17. The molecule has 0 aromatic heterocycles. The van der Waals surface area contributed by atoms with Gasteiger partial charge >= 0.3 is 0 Å². The molecule has 1 aromatic carbocycles. The first-order valence-corrected chi connectivity index (χ1v) is 9.86. The predicted molar refractivity (Wildman–Crippen MR) is 105 cm³/mol. The summed E-state index contributed by atoms with van der Waals surface area (Å²) < 4.78 is 5.45. The van der Waals surface area contributed by atoms with E-state index in [1.54, 1.807) is 6.07 Å². The molecule has 1 unspecified atom stereocenters. The van der Waals surface area contributed by atoms with Crippen molar-refractivity contribution >= 4 is 5.96 Å². The van der Waals surface area contributed by atoms with Gasteiger partial charge in [-0.3, -0.25) is 9.89 Å². The average Bonchev–Trinajstić information content (AvgIpc) is 3.10. The molecule has 26 heavy (non-hydrogen) atoms. The maximum atomic E-state index is 9.57. The highest BCUT2D eigenvalue weighted by Crippen LogP contribution is 2.18. The van der Waals surface area contributed by atoms with Gasteiger partial charge in [0.05, 0.1) is 13.2 Å². The first-order chi connectivity index (χ1) is 12.7. The summed E-state index contributed by atoms with van der Waals surface area (Å²) in [5.41, 5.74) is 1.12. The van der Waals surface area contributed by atoms with Crippen LogP contribution in [0.3, 0.4) is 0 Å². The minimum absolute atomic E-state index is 0.323. The maximum Gasteiger partial charge on any atom is 0.193 e. The van der Waals surface area contributed by atoms with Crippen molar-refractivity contribution in [2.45, 2.75) is 19.8 Å². The van der Waals surface area contributed by atoms with Crippen LogP contribution in [0.15, 0.2) is 29.3 Å². The topological polar surface area (TPSA) is 60.3 Å². The van der Waals surface area contributed by atoms with E-state index in [2.05, 4.69) is 22.0 Å². The normalized spacial score (nSPS) is 22.0. The van der Waals surface area contributed by atoms with Crippen molar-refractivity contribution in [3.63, 3.8) is 0 Å². The summed E-state index contributed by atoms with van der Waals surface area (Å²) in [6.45, 7) is 10.9. The molecule has 2 aliphatic heterocycles. The number of ether oxygens (including phenoxy) is 1. The number of aromatic hydroxyl groups is 1. The number of aliphatic imine (C=N–C) groups is 1. The summed E-state index contributed by atoms with van der Waals surface area (Å²) in [5.74, 6) is 2.06. The van der Waals surface area contributed by atoms with Crippen LogP contribution in [0, 0.1) is 5.92 Å². The highest BCUT2D eigenvalue weighted by Gasteiger charge is 2.27. The Morgan fingerprint density at radius 2 is 2.15 bits per heavy atom. The molecule has 144 valence electrons. The van der Waals surface area contributed by atoms with E-state index in [0.29, 0.717) is 11.7 Å². The van der Waals surface area contributed by atoms with Gasteiger partial charge in [-0.2, -0.15) is 0 Å². The lowest BCUT2D eigenvalue weighted by atomic mass is 10.1. The third-order valence-electron chi connectivity index (χ3n) is 5.11. The molecule has 0 amide bonds. The van der Waals surface area contributed by atoms with Crippen molar-refractivity contribution in [2.24, 2.45) is 10.9 Å². The van der Waals surface area contributed by atoms with Crippen molar-refractivity contribution < 1.29 is 9.84 Å². The monoisotopic (exact) mass is 360 g/mol. The number of guanidine groups is 1. The van der Waals surface area contributed by atoms with Crippen LogP contribution in [0.25, 0.3) is 0 Å². The van der Waals surface area contributed by atoms with E-state index < -0.39 is 0 Å². The standard InChI is InChI=1S/C20H32N4O2/c1-2-21-20(22-8-6-17-4-3-5-19(25)14-17)24-9-7-18(16-24)15-23-10-12-26-13-11-23/h3-5,14,18,25H,2,6-13,15-16H2,1H3,(H,21,22). The molecule has 2 fully saturated rings. The Balaban J connectivity index is 1.50. The number of rotatable bonds is 6. The molecule has 0 radical (unpaired) electrons. The molecule has 0 bridgehead atoms. The Hall–Kier alpha value is -1.79. The van der Waals surface area contributed by atoms with Crippen molar-refractivity contribution in [1.82, 2.24) is 15.1 Å². The SMILES string of the molecule is CCNC(=NCCc1cccc(O)c1)N1CCC(CN2CCOCC2)C1. The fourth-order valence-corrected chi connectivity index (χ4v) is 3.75. The molecule has 6 nitrogen and oxygen atoms in total. The maximum absolute atomic E-state index is 9.57. The second kappa shape index (κ2) is 9.78. The highest BCUT2D eigenvalue weighted by molar-refractivity contribution is 5.80. The summed E-state index contributed by atoms with van der Waals surface area (Å²) in [6.07, 6.45) is 2.07. The van der Waals surface area contributed by atoms with Gasteiger partial charge in [0.1, 0.15) is 5.75 Å².